The third-order valence-electron chi connectivity index (χ3n) is 9.19. The normalized spacial score (nSPS) is 18.9. The second-order valence-electron chi connectivity index (χ2n) is 13.6. The first-order valence-corrected chi connectivity index (χ1v) is 19.5. The number of ether oxygens (including phenoxy) is 4. The second kappa shape index (κ2) is 19.4. The van der Waals surface area contributed by atoms with Crippen LogP contribution in [-0.4, -0.2) is 78.0 Å². The quantitative estimate of drug-likeness (QED) is 0.0625. The number of rotatable bonds is 18. The number of carbonyl (C=O) groups excluding carboxylic acids is 1. The molecule has 56 heavy (non-hydrogen) atoms. The van der Waals surface area contributed by atoms with Gasteiger partial charge < -0.3 is 33.3 Å². The number of anilines is 1. The maximum absolute atomic E-state index is 17.1. The van der Waals surface area contributed by atoms with E-state index in [9.17, 15) is 14.9 Å². The zero-order chi connectivity index (χ0) is 40.4. The molecule has 1 fully saturated rings. The SMILES string of the molecule is COc1ccc(C(OC[C@H]2O[C@@H](n3ccc(NC(C)=O)nc3=O)[C@@H](F)[C@@H]2OP(OCCC#N)N(C(C)C)C(C)C)(c2ccccc2)c2ccc(OC)cc2)cc1. The number of amides is 1. The highest BCUT2D eigenvalue weighted by molar-refractivity contribution is 7.44. The fourth-order valence-electron chi connectivity index (χ4n) is 6.71. The van der Waals surface area contributed by atoms with Gasteiger partial charge in [0, 0.05) is 25.2 Å². The van der Waals surface area contributed by atoms with Crippen molar-refractivity contribution in [3.8, 4) is 17.6 Å². The van der Waals surface area contributed by atoms with Gasteiger partial charge in [0.2, 0.25) is 5.91 Å². The van der Waals surface area contributed by atoms with Gasteiger partial charge >= 0.3 is 5.69 Å². The lowest BCUT2D eigenvalue weighted by molar-refractivity contribution is -0.114. The zero-order valence-corrected chi connectivity index (χ0v) is 33.5. The van der Waals surface area contributed by atoms with Crippen molar-refractivity contribution >= 4 is 20.3 Å². The smallest absolute Gasteiger partial charge is 0.351 e. The van der Waals surface area contributed by atoms with Crippen LogP contribution in [0.2, 0.25) is 0 Å². The summed E-state index contributed by atoms with van der Waals surface area (Å²) in [4.78, 5) is 28.9. The van der Waals surface area contributed by atoms with Crippen LogP contribution in [0.3, 0.4) is 0 Å². The molecule has 13 nitrogen and oxygen atoms in total. The van der Waals surface area contributed by atoms with Crippen LogP contribution in [0.25, 0.3) is 0 Å². The van der Waals surface area contributed by atoms with Crippen molar-refractivity contribution < 1.29 is 37.2 Å². The van der Waals surface area contributed by atoms with Crippen molar-refractivity contribution in [3.05, 3.63) is 118 Å². The first-order chi connectivity index (χ1) is 26.9. The third-order valence-corrected chi connectivity index (χ3v) is 11.3. The summed E-state index contributed by atoms with van der Waals surface area (Å²) in [5.41, 5.74) is 0.172. The number of benzene rings is 3. The van der Waals surface area contributed by atoms with E-state index in [2.05, 4.69) is 16.4 Å². The van der Waals surface area contributed by atoms with Gasteiger partial charge in [-0.15, -0.1) is 0 Å². The molecule has 0 spiro atoms. The molecule has 1 unspecified atom stereocenters. The molecule has 0 saturated carbocycles. The van der Waals surface area contributed by atoms with Crippen molar-refractivity contribution in [2.24, 2.45) is 0 Å². The third kappa shape index (κ3) is 9.61. The van der Waals surface area contributed by atoms with Gasteiger partial charge in [-0.1, -0.05) is 54.6 Å². The van der Waals surface area contributed by atoms with E-state index in [0.29, 0.717) is 11.5 Å². The highest BCUT2D eigenvalue weighted by atomic mass is 31.2. The number of nitrogens with zero attached hydrogens (tertiary/aromatic N) is 4. The first-order valence-electron chi connectivity index (χ1n) is 18.3. The average Bonchev–Trinajstić information content (AvgIpc) is 3.49. The van der Waals surface area contributed by atoms with Gasteiger partial charge in [-0.2, -0.15) is 10.2 Å². The van der Waals surface area contributed by atoms with E-state index in [1.165, 1.54) is 19.2 Å². The molecule has 2 heterocycles. The Hall–Kier alpha value is -4.74. The Bertz CT molecular complexity index is 1920. The van der Waals surface area contributed by atoms with Crippen molar-refractivity contribution in [2.45, 2.75) is 83.3 Å². The molecule has 3 aromatic carbocycles. The number of nitriles is 1. The van der Waals surface area contributed by atoms with E-state index in [1.54, 1.807) is 14.2 Å². The Morgan fingerprint density at radius 2 is 1.54 bits per heavy atom. The van der Waals surface area contributed by atoms with Gasteiger partial charge in [0.1, 0.15) is 35.1 Å². The molecule has 1 N–H and O–H groups in total. The summed E-state index contributed by atoms with van der Waals surface area (Å²) in [6.07, 6.45) is -4.36. The number of aromatic nitrogens is 2. The van der Waals surface area contributed by atoms with Crippen LogP contribution in [0.1, 0.15) is 64.0 Å². The molecule has 5 atom stereocenters. The number of hydrogen-bond donors (Lipinski definition) is 1. The van der Waals surface area contributed by atoms with Crippen molar-refractivity contribution in [3.63, 3.8) is 0 Å². The molecule has 1 aliphatic heterocycles. The largest absolute Gasteiger partial charge is 0.497 e. The number of methoxy groups -OCH3 is 2. The second-order valence-corrected chi connectivity index (χ2v) is 15.0. The van der Waals surface area contributed by atoms with E-state index in [4.69, 9.17) is 28.0 Å². The van der Waals surface area contributed by atoms with Gasteiger partial charge in [-0.3, -0.25) is 9.36 Å². The van der Waals surface area contributed by atoms with Gasteiger partial charge in [-0.25, -0.2) is 13.9 Å². The highest BCUT2D eigenvalue weighted by Crippen LogP contribution is 2.51. The molecule has 0 bridgehead atoms. The zero-order valence-electron chi connectivity index (χ0n) is 32.6. The van der Waals surface area contributed by atoms with Gasteiger partial charge in [-0.05, 0) is 74.7 Å². The maximum atomic E-state index is 17.1. The standard InChI is InChI=1S/C41H49FN5O8P/c1-27(2)47(28(3)4)56(53-25-11-23-43)55-38-35(54-39(37(38)42)46-24-22-36(44-29(5)48)45-40(46)49)26-52-41(30-12-9-8-10-13-30,31-14-18-33(50-6)19-15-31)32-16-20-34(51-7)21-17-32/h8-10,12-22,24,27-28,35,37-39H,11,25-26H2,1-7H3,(H,44,45,48,49)/t35-,37+,38-,39-,56?/m1/s1. The maximum Gasteiger partial charge on any atom is 0.351 e. The number of nitrogens with one attached hydrogen (secondary N) is 1. The minimum absolute atomic E-state index is 0.0189. The van der Waals surface area contributed by atoms with Crippen LogP contribution in [0.4, 0.5) is 10.2 Å². The van der Waals surface area contributed by atoms with Crippen LogP contribution < -0.4 is 20.5 Å². The van der Waals surface area contributed by atoms with Gasteiger partial charge in [0.15, 0.2) is 12.4 Å². The Morgan fingerprint density at radius 3 is 2.04 bits per heavy atom. The molecule has 298 valence electrons. The Morgan fingerprint density at radius 1 is 0.964 bits per heavy atom. The molecule has 5 rings (SSSR count). The molecule has 15 heteroatoms. The monoisotopic (exact) mass is 789 g/mol. The molecular weight excluding hydrogens is 740 g/mol. The summed E-state index contributed by atoms with van der Waals surface area (Å²) in [5.74, 6) is 0.898. The summed E-state index contributed by atoms with van der Waals surface area (Å²) in [7, 11) is 1.24. The van der Waals surface area contributed by atoms with Crippen LogP contribution in [0.15, 0.2) is 95.9 Å². The Balaban J connectivity index is 1.62. The van der Waals surface area contributed by atoms with Crippen LogP contribution in [0.5, 0.6) is 11.5 Å². The molecule has 0 radical (unpaired) electrons. The molecule has 4 aromatic rings. The summed E-state index contributed by atoms with van der Waals surface area (Å²) in [6.45, 7) is 9.06. The number of halogens is 1. The van der Waals surface area contributed by atoms with Crippen LogP contribution in [0, 0.1) is 11.3 Å². The summed E-state index contributed by atoms with van der Waals surface area (Å²) >= 11 is 0. The minimum Gasteiger partial charge on any atom is -0.497 e. The van der Waals surface area contributed by atoms with Crippen molar-refractivity contribution in [2.75, 3.05) is 32.8 Å². The number of hydrogen-bond acceptors (Lipinski definition) is 11. The number of alkyl halides is 1. The molecular formula is C41H49FN5O8P. The van der Waals surface area contributed by atoms with Gasteiger partial charge in [0.25, 0.3) is 8.53 Å². The van der Waals surface area contributed by atoms with E-state index in [0.717, 1.165) is 21.3 Å². The van der Waals surface area contributed by atoms with E-state index in [-0.39, 0.29) is 37.5 Å². The fourth-order valence-corrected chi connectivity index (χ4v) is 8.48. The summed E-state index contributed by atoms with van der Waals surface area (Å²) in [5, 5.41) is 11.8. The summed E-state index contributed by atoms with van der Waals surface area (Å²) < 4.78 is 57.5. The van der Waals surface area contributed by atoms with Crippen LogP contribution >= 0.6 is 8.53 Å². The molecule has 1 aromatic heterocycles. The fraction of sp³-hybridized carbons (Fsp3) is 0.415. The topological polar surface area (TPSA) is 146 Å². The average molecular weight is 790 g/mol. The first kappa shape index (κ1) is 42.4. The predicted octanol–water partition coefficient (Wildman–Crippen LogP) is 7.12. The molecule has 1 aliphatic rings. The molecule has 0 aliphatic carbocycles. The Kier molecular flexibility index (Phi) is 14.7. The van der Waals surface area contributed by atoms with E-state index < -0.39 is 50.3 Å². The molecule has 1 saturated heterocycles. The molecule has 1 amide bonds. The van der Waals surface area contributed by atoms with Gasteiger partial charge in [0.05, 0.1) is 39.9 Å². The lowest BCUT2D eigenvalue weighted by atomic mass is 9.80. The minimum atomic E-state index is -1.94. The Labute approximate surface area is 328 Å². The lowest BCUT2D eigenvalue weighted by Gasteiger charge is -2.39. The predicted molar refractivity (Wildman–Crippen MR) is 210 cm³/mol. The van der Waals surface area contributed by atoms with Crippen molar-refractivity contribution in [1.82, 2.24) is 14.2 Å². The van der Waals surface area contributed by atoms with Crippen molar-refractivity contribution in [1.29, 1.82) is 5.26 Å². The van der Waals surface area contributed by atoms with E-state index in [1.807, 2.05) is 111 Å². The summed E-state index contributed by atoms with van der Waals surface area (Å²) in [6, 6.07) is 28.0. The lowest BCUT2D eigenvalue weighted by Crippen LogP contribution is -2.41. The van der Waals surface area contributed by atoms with E-state index >= 15 is 4.39 Å². The van der Waals surface area contributed by atoms with Crippen LogP contribution in [-0.2, 0) is 28.9 Å². The number of carbonyl (C=O) groups is 1. The highest BCUT2D eigenvalue weighted by Gasteiger charge is 2.51.